The number of carboxylic acid groups (broad SMARTS) is 1. The van der Waals surface area contributed by atoms with E-state index in [1.807, 2.05) is 24.3 Å². The molecule has 1 heterocycles. The summed E-state index contributed by atoms with van der Waals surface area (Å²) in [6, 6.07) is 9.41. The molecule has 1 N–H and O–H groups in total. The summed E-state index contributed by atoms with van der Waals surface area (Å²) < 4.78 is 1.59. The van der Waals surface area contributed by atoms with E-state index in [1.165, 1.54) is 0 Å². The minimum absolute atomic E-state index is 0.0342. The fraction of sp³-hybridized carbons (Fsp3) is 0.100. The number of carbonyl (C=O) groups is 1. The van der Waals surface area contributed by atoms with Crippen molar-refractivity contribution < 1.29 is 9.90 Å². The number of carboxylic acids is 1. The van der Waals surface area contributed by atoms with Gasteiger partial charge in [-0.15, -0.1) is 0 Å². The molecule has 0 spiro atoms. The van der Waals surface area contributed by atoms with Gasteiger partial charge in [-0.2, -0.15) is 0 Å². The van der Waals surface area contributed by atoms with Crippen LogP contribution >= 0.6 is 0 Å². The number of hydrogen-bond donors (Lipinski definition) is 1. The van der Waals surface area contributed by atoms with E-state index in [9.17, 15) is 4.79 Å². The van der Waals surface area contributed by atoms with E-state index >= 15 is 0 Å². The second-order valence-electron chi connectivity index (χ2n) is 2.81. The first-order chi connectivity index (χ1) is 6.27. The highest BCUT2D eigenvalue weighted by Crippen LogP contribution is 2.13. The smallest absolute Gasteiger partial charge is 0.323 e. The number of aromatic nitrogens is 1. The lowest BCUT2D eigenvalue weighted by Gasteiger charge is -1.99. The quantitative estimate of drug-likeness (QED) is 0.750. The van der Waals surface area contributed by atoms with E-state index in [0.717, 1.165) is 10.9 Å². The maximum Gasteiger partial charge on any atom is 0.323 e. The molecule has 0 aliphatic rings. The topological polar surface area (TPSA) is 42.2 Å². The van der Waals surface area contributed by atoms with E-state index < -0.39 is 5.97 Å². The van der Waals surface area contributed by atoms with Gasteiger partial charge in [0.2, 0.25) is 0 Å². The van der Waals surface area contributed by atoms with Crippen molar-refractivity contribution in [1.29, 1.82) is 0 Å². The Kier molecular flexibility index (Phi) is 1.77. The molecule has 0 saturated heterocycles. The highest BCUT2D eigenvalue weighted by Gasteiger charge is 2.03. The lowest BCUT2D eigenvalue weighted by atomic mass is 10.2. The SMILES string of the molecule is O=C(O)Cn1[c]cc2ccccc21. The lowest BCUT2D eigenvalue weighted by Crippen LogP contribution is -2.07. The van der Waals surface area contributed by atoms with Gasteiger partial charge in [0.15, 0.2) is 0 Å². The molecule has 0 fully saturated rings. The predicted molar refractivity (Wildman–Crippen MR) is 48.4 cm³/mol. The average molecular weight is 174 g/mol. The van der Waals surface area contributed by atoms with Gasteiger partial charge < -0.3 is 9.67 Å². The van der Waals surface area contributed by atoms with E-state index in [-0.39, 0.29) is 6.54 Å². The van der Waals surface area contributed by atoms with E-state index in [1.54, 1.807) is 10.6 Å². The molecule has 2 aromatic rings. The van der Waals surface area contributed by atoms with E-state index in [2.05, 4.69) is 6.20 Å². The van der Waals surface area contributed by atoms with Crippen LogP contribution < -0.4 is 0 Å². The first kappa shape index (κ1) is 7.86. The molecule has 0 saturated carbocycles. The van der Waals surface area contributed by atoms with Crippen molar-refractivity contribution in [2.45, 2.75) is 6.54 Å². The Labute approximate surface area is 75.2 Å². The van der Waals surface area contributed by atoms with Gasteiger partial charge in [-0.1, -0.05) is 18.2 Å². The zero-order valence-electron chi connectivity index (χ0n) is 6.90. The van der Waals surface area contributed by atoms with Crippen molar-refractivity contribution in [3.63, 3.8) is 0 Å². The third kappa shape index (κ3) is 1.40. The number of para-hydroxylation sites is 1. The summed E-state index contributed by atoms with van der Waals surface area (Å²) in [5.74, 6) is -0.849. The normalized spacial score (nSPS) is 10.5. The molecule has 3 nitrogen and oxygen atoms in total. The molecule has 1 aromatic heterocycles. The molecule has 65 valence electrons. The monoisotopic (exact) mass is 174 g/mol. The molecule has 1 radical (unpaired) electrons. The van der Waals surface area contributed by atoms with Gasteiger partial charge >= 0.3 is 5.97 Å². The Balaban J connectivity index is 2.51. The second-order valence-corrected chi connectivity index (χ2v) is 2.81. The molecule has 0 unspecified atom stereocenters. The highest BCUT2D eigenvalue weighted by atomic mass is 16.4. The van der Waals surface area contributed by atoms with Gasteiger partial charge in [0.25, 0.3) is 0 Å². The fourth-order valence-electron chi connectivity index (χ4n) is 1.34. The molecule has 2 rings (SSSR count). The van der Waals surface area contributed by atoms with Crippen LogP contribution in [0.4, 0.5) is 0 Å². The Morgan fingerprint density at radius 1 is 1.46 bits per heavy atom. The molecule has 13 heavy (non-hydrogen) atoms. The average Bonchev–Trinajstić information content (AvgIpc) is 2.48. The zero-order chi connectivity index (χ0) is 9.26. The van der Waals surface area contributed by atoms with Gasteiger partial charge in [-0.05, 0) is 12.1 Å². The Bertz CT molecular complexity index is 445. The largest absolute Gasteiger partial charge is 0.480 e. The van der Waals surface area contributed by atoms with Crippen molar-refractivity contribution in [1.82, 2.24) is 4.57 Å². The summed E-state index contributed by atoms with van der Waals surface area (Å²) in [6.45, 7) is -0.0342. The van der Waals surface area contributed by atoms with Crippen molar-refractivity contribution in [3.8, 4) is 0 Å². The number of aliphatic carboxylic acids is 1. The summed E-state index contributed by atoms with van der Waals surface area (Å²) >= 11 is 0. The van der Waals surface area contributed by atoms with E-state index in [4.69, 9.17) is 5.11 Å². The highest BCUT2D eigenvalue weighted by molar-refractivity contribution is 5.81. The van der Waals surface area contributed by atoms with Gasteiger partial charge in [0.05, 0.1) is 6.20 Å². The third-order valence-electron chi connectivity index (χ3n) is 1.90. The Hall–Kier alpha value is -1.77. The Morgan fingerprint density at radius 3 is 3.00 bits per heavy atom. The lowest BCUT2D eigenvalue weighted by molar-refractivity contribution is -0.137. The molecule has 0 atom stereocenters. The van der Waals surface area contributed by atoms with Crippen LogP contribution in [-0.4, -0.2) is 15.6 Å². The van der Waals surface area contributed by atoms with E-state index in [0.29, 0.717) is 0 Å². The van der Waals surface area contributed by atoms with Crippen molar-refractivity contribution in [2.75, 3.05) is 0 Å². The van der Waals surface area contributed by atoms with Crippen LogP contribution in [-0.2, 0) is 11.3 Å². The predicted octanol–water partition coefficient (Wildman–Crippen LogP) is 1.53. The third-order valence-corrected chi connectivity index (χ3v) is 1.90. The maximum atomic E-state index is 10.5. The minimum atomic E-state index is -0.849. The number of benzene rings is 1. The van der Waals surface area contributed by atoms with Crippen LogP contribution in [0.2, 0.25) is 0 Å². The number of hydrogen-bond acceptors (Lipinski definition) is 1. The minimum Gasteiger partial charge on any atom is -0.480 e. The second kappa shape index (κ2) is 2.94. The Morgan fingerprint density at radius 2 is 2.23 bits per heavy atom. The van der Waals surface area contributed by atoms with Crippen molar-refractivity contribution >= 4 is 16.9 Å². The van der Waals surface area contributed by atoms with Crippen LogP contribution in [0.15, 0.2) is 30.3 Å². The first-order valence-electron chi connectivity index (χ1n) is 3.95. The number of rotatable bonds is 2. The number of fused-ring (bicyclic) bond motifs is 1. The number of nitrogens with zero attached hydrogens (tertiary/aromatic N) is 1. The van der Waals surface area contributed by atoms with Crippen LogP contribution in [0.1, 0.15) is 0 Å². The van der Waals surface area contributed by atoms with Crippen LogP contribution in [0.3, 0.4) is 0 Å². The van der Waals surface area contributed by atoms with Crippen molar-refractivity contribution in [3.05, 3.63) is 36.5 Å². The molecule has 0 aliphatic heterocycles. The summed E-state index contributed by atoms with van der Waals surface area (Å²) in [4.78, 5) is 10.5. The summed E-state index contributed by atoms with van der Waals surface area (Å²) in [5, 5.41) is 9.62. The van der Waals surface area contributed by atoms with Gasteiger partial charge in [0.1, 0.15) is 6.54 Å². The molecule has 0 amide bonds. The molecular weight excluding hydrogens is 166 g/mol. The molecular formula is C10H8NO2. The molecule has 1 aromatic carbocycles. The molecule has 0 aliphatic carbocycles. The summed E-state index contributed by atoms with van der Waals surface area (Å²) in [7, 11) is 0. The summed E-state index contributed by atoms with van der Waals surface area (Å²) in [5.41, 5.74) is 0.907. The van der Waals surface area contributed by atoms with Crippen LogP contribution in [0.25, 0.3) is 10.9 Å². The van der Waals surface area contributed by atoms with Gasteiger partial charge in [-0.3, -0.25) is 4.79 Å². The van der Waals surface area contributed by atoms with Crippen molar-refractivity contribution in [2.24, 2.45) is 0 Å². The first-order valence-corrected chi connectivity index (χ1v) is 3.95. The standard InChI is InChI=1S/C10H8NO2/c12-10(13)7-11-6-5-8-3-1-2-4-9(8)11/h1-5H,7H2,(H,12,13). The zero-order valence-corrected chi connectivity index (χ0v) is 6.90. The van der Waals surface area contributed by atoms with Crippen LogP contribution in [0.5, 0.6) is 0 Å². The maximum absolute atomic E-state index is 10.5. The van der Waals surface area contributed by atoms with Gasteiger partial charge in [0, 0.05) is 10.9 Å². The summed E-state index contributed by atoms with van der Waals surface area (Å²) in [6.07, 6.45) is 2.88. The molecule has 3 heteroatoms. The fourth-order valence-corrected chi connectivity index (χ4v) is 1.34. The molecule has 0 bridgehead atoms. The van der Waals surface area contributed by atoms with Gasteiger partial charge in [-0.25, -0.2) is 0 Å². The van der Waals surface area contributed by atoms with Crippen LogP contribution in [0, 0.1) is 6.20 Å².